The maximum atomic E-state index is 11.5. The minimum absolute atomic E-state index is 0.161. The fourth-order valence-corrected chi connectivity index (χ4v) is 2.55. The number of carbonyl (C=O) groups excluding carboxylic acids is 1. The van der Waals surface area contributed by atoms with Gasteiger partial charge in [0, 0.05) is 38.8 Å². The number of amides is 1. The predicted octanol–water partition coefficient (Wildman–Crippen LogP) is 0.513. The Bertz CT molecular complexity index is 246. The van der Waals surface area contributed by atoms with E-state index in [-0.39, 0.29) is 6.09 Å². The van der Waals surface area contributed by atoms with Crippen molar-refractivity contribution in [2.75, 3.05) is 45.9 Å². The molecule has 1 amide bonds. The Morgan fingerprint density at radius 1 is 1.35 bits per heavy atom. The first-order valence-corrected chi connectivity index (χ1v) is 6.67. The molecule has 17 heavy (non-hydrogen) atoms. The van der Waals surface area contributed by atoms with E-state index < -0.39 is 0 Å². The molecule has 1 N–H and O–H groups in total. The third kappa shape index (κ3) is 3.57. The third-order valence-electron chi connectivity index (χ3n) is 3.54. The predicted molar refractivity (Wildman–Crippen MR) is 66.1 cm³/mol. The van der Waals surface area contributed by atoms with Crippen LogP contribution in [0, 0.1) is 0 Å². The monoisotopic (exact) mass is 241 g/mol. The second-order valence-corrected chi connectivity index (χ2v) is 4.78. The standard InChI is InChI=1S/C12H23N3O2/c1-2-17-12(16)15-8-6-14(7-9-15)10-11-4-3-5-13-11/h11,13H,2-10H2,1H3/t11-/m1/s1. The highest BCUT2D eigenvalue weighted by Gasteiger charge is 2.24. The SMILES string of the molecule is CCOC(=O)N1CCN(C[C@H]2CCCN2)CC1. The summed E-state index contributed by atoms with van der Waals surface area (Å²) in [5.74, 6) is 0. The molecular formula is C12H23N3O2. The first kappa shape index (κ1) is 12.6. The van der Waals surface area contributed by atoms with Gasteiger partial charge in [-0.1, -0.05) is 0 Å². The number of hydrogen-bond acceptors (Lipinski definition) is 4. The van der Waals surface area contributed by atoms with Crippen LogP contribution < -0.4 is 5.32 Å². The number of piperazine rings is 1. The fourth-order valence-electron chi connectivity index (χ4n) is 2.55. The van der Waals surface area contributed by atoms with Gasteiger partial charge in [0.25, 0.3) is 0 Å². The van der Waals surface area contributed by atoms with Gasteiger partial charge < -0.3 is 15.0 Å². The smallest absolute Gasteiger partial charge is 0.409 e. The summed E-state index contributed by atoms with van der Waals surface area (Å²) >= 11 is 0. The lowest BCUT2D eigenvalue weighted by molar-refractivity contribution is 0.0776. The Balaban J connectivity index is 1.68. The van der Waals surface area contributed by atoms with E-state index in [0.717, 1.165) is 39.3 Å². The molecule has 2 aliphatic heterocycles. The van der Waals surface area contributed by atoms with Crippen LogP contribution >= 0.6 is 0 Å². The molecule has 2 rings (SSSR count). The first-order chi connectivity index (χ1) is 8.29. The van der Waals surface area contributed by atoms with Crippen molar-refractivity contribution >= 4 is 6.09 Å². The van der Waals surface area contributed by atoms with Crippen LogP contribution in [0.5, 0.6) is 0 Å². The van der Waals surface area contributed by atoms with Gasteiger partial charge in [0.05, 0.1) is 6.61 Å². The van der Waals surface area contributed by atoms with Gasteiger partial charge in [-0.3, -0.25) is 4.90 Å². The van der Waals surface area contributed by atoms with Crippen LogP contribution in [-0.2, 0) is 4.74 Å². The minimum atomic E-state index is -0.161. The van der Waals surface area contributed by atoms with Gasteiger partial charge >= 0.3 is 6.09 Å². The summed E-state index contributed by atoms with van der Waals surface area (Å²) in [6, 6.07) is 0.657. The van der Waals surface area contributed by atoms with Crippen molar-refractivity contribution in [2.24, 2.45) is 0 Å². The number of carbonyl (C=O) groups is 1. The van der Waals surface area contributed by atoms with Crippen LogP contribution in [0.2, 0.25) is 0 Å². The molecule has 5 nitrogen and oxygen atoms in total. The summed E-state index contributed by atoms with van der Waals surface area (Å²) < 4.78 is 5.01. The number of nitrogens with zero attached hydrogens (tertiary/aromatic N) is 2. The first-order valence-electron chi connectivity index (χ1n) is 6.67. The highest BCUT2D eigenvalue weighted by atomic mass is 16.6. The Morgan fingerprint density at radius 3 is 2.71 bits per heavy atom. The molecule has 2 saturated heterocycles. The summed E-state index contributed by atoms with van der Waals surface area (Å²) in [6.07, 6.45) is 2.43. The molecular weight excluding hydrogens is 218 g/mol. The van der Waals surface area contributed by atoms with Crippen molar-refractivity contribution in [3.05, 3.63) is 0 Å². The van der Waals surface area contributed by atoms with Gasteiger partial charge in [-0.2, -0.15) is 0 Å². The summed E-state index contributed by atoms with van der Waals surface area (Å²) in [5.41, 5.74) is 0. The molecule has 0 spiro atoms. The van der Waals surface area contributed by atoms with Gasteiger partial charge in [0.15, 0.2) is 0 Å². The van der Waals surface area contributed by atoms with E-state index in [9.17, 15) is 4.79 Å². The topological polar surface area (TPSA) is 44.8 Å². The van der Waals surface area contributed by atoms with Crippen LogP contribution in [0.3, 0.4) is 0 Å². The summed E-state index contributed by atoms with van der Waals surface area (Å²) in [5, 5.41) is 3.51. The molecule has 0 unspecified atom stereocenters. The number of hydrogen-bond donors (Lipinski definition) is 1. The van der Waals surface area contributed by atoms with Crippen LogP contribution in [0.1, 0.15) is 19.8 Å². The fraction of sp³-hybridized carbons (Fsp3) is 0.917. The van der Waals surface area contributed by atoms with Gasteiger partial charge in [0.1, 0.15) is 0 Å². The molecule has 2 fully saturated rings. The van der Waals surface area contributed by atoms with Gasteiger partial charge in [-0.15, -0.1) is 0 Å². The number of rotatable bonds is 3. The molecule has 0 bridgehead atoms. The molecule has 1 atom stereocenters. The molecule has 2 heterocycles. The zero-order chi connectivity index (χ0) is 12.1. The van der Waals surface area contributed by atoms with Crippen LogP contribution in [0.15, 0.2) is 0 Å². The van der Waals surface area contributed by atoms with E-state index in [4.69, 9.17) is 4.74 Å². The van der Waals surface area contributed by atoms with Crippen molar-refractivity contribution < 1.29 is 9.53 Å². The number of ether oxygens (including phenoxy) is 1. The summed E-state index contributed by atoms with van der Waals surface area (Å²) in [4.78, 5) is 15.8. The lowest BCUT2D eigenvalue weighted by Crippen LogP contribution is -2.51. The lowest BCUT2D eigenvalue weighted by atomic mass is 10.2. The highest BCUT2D eigenvalue weighted by Crippen LogP contribution is 2.09. The number of nitrogens with one attached hydrogen (secondary N) is 1. The van der Waals surface area contributed by atoms with E-state index in [1.807, 2.05) is 11.8 Å². The van der Waals surface area contributed by atoms with E-state index in [1.54, 1.807) is 0 Å². The lowest BCUT2D eigenvalue weighted by Gasteiger charge is -2.35. The normalized spacial score (nSPS) is 26.2. The maximum Gasteiger partial charge on any atom is 0.409 e. The quantitative estimate of drug-likeness (QED) is 0.782. The molecule has 0 aromatic carbocycles. The molecule has 0 aromatic rings. The maximum absolute atomic E-state index is 11.5. The van der Waals surface area contributed by atoms with E-state index in [0.29, 0.717) is 12.6 Å². The van der Waals surface area contributed by atoms with Gasteiger partial charge in [-0.25, -0.2) is 4.79 Å². The molecule has 0 aliphatic carbocycles. The van der Waals surface area contributed by atoms with E-state index >= 15 is 0 Å². The molecule has 5 heteroatoms. The molecule has 0 aromatic heterocycles. The Hall–Kier alpha value is -0.810. The van der Waals surface area contributed by atoms with Crippen molar-refractivity contribution in [3.63, 3.8) is 0 Å². The second kappa shape index (κ2) is 6.21. The van der Waals surface area contributed by atoms with Crippen molar-refractivity contribution in [3.8, 4) is 0 Å². The van der Waals surface area contributed by atoms with Crippen LogP contribution in [0.4, 0.5) is 4.79 Å². The van der Waals surface area contributed by atoms with Crippen LogP contribution in [0.25, 0.3) is 0 Å². The molecule has 0 radical (unpaired) electrons. The van der Waals surface area contributed by atoms with E-state index in [2.05, 4.69) is 10.2 Å². The van der Waals surface area contributed by atoms with E-state index in [1.165, 1.54) is 12.8 Å². The van der Waals surface area contributed by atoms with Crippen molar-refractivity contribution in [2.45, 2.75) is 25.8 Å². The summed E-state index contributed by atoms with van der Waals surface area (Å²) in [6.45, 7) is 8.13. The molecule has 0 saturated carbocycles. The average molecular weight is 241 g/mol. The van der Waals surface area contributed by atoms with Gasteiger partial charge in [-0.05, 0) is 26.3 Å². The zero-order valence-electron chi connectivity index (χ0n) is 10.7. The van der Waals surface area contributed by atoms with Crippen molar-refractivity contribution in [1.82, 2.24) is 15.1 Å². The minimum Gasteiger partial charge on any atom is -0.450 e. The third-order valence-corrected chi connectivity index (χ3v) is 3.54. The average Bonchev–Trinajstić information content (AvgIpc) is 2.83. The van der Waals surface area contributed by atoms with Gasteiger partial charge in [0.2, 0.25) is 0 Å². The Labute approximate surface area is 103 Å². The molecule has 2 aliphatic rings. The largest absolute Gasteiger partial charge is 0.450 e. The highest BCUT2D eigenvalue weighted by molar-refractivity contribution is 5.67. The van der Waals surface area contributed by atoms with Crippen molar-refractivity contribution in [1.29, 1.82) is 0 Å². The zero-order valence-corrected chi connectivity index (χ0v) is 10.7. The van der Waals surface area contributed by atoms with Crippen LogP contribution in [-0.4, -0.2) is 67.8 Å². The Kier molecular flexibility index (Phi) is 4.62. The Morgan fingerprint density at radius 2 is 2.12 bits per heavy atom. The second-order valence-electron chi connectivity index (χ2n) is 4.78. The molecule has 98 valence electrons. The summed E-state index contributed by atoms with van der Waals surface area (Å²) in [7, 11) is 0.